The largest absolute Gasteiger partial charge is 0.468 e. The molecule has 1 saturated heterocycles. The smallest absolute Gasteiger partial charge is 0.324 e. The third-order valence-corrected chi connectivity index (χ3v) is 4.74. The zero-order valence-electron chi connectivity index (χ0n) is 17.5. The Hall–Kier alpha value is -2.75. The summed E-state index contributed by atoms with van der Waals surface area (Å²) < 4.78 is 36.7. The molecule has 1 N–H and O–H groups in total. The zero-order chi connectivity index (χ0) is 22.4. The van der Waals surface area contributed by atoms with Crippen LogP contribution in [-0.2, 0) is 19.1 Å². The topological polar surface area (TPSA) is 88.2 Å². The van der Waals surface area contributed by atoms with Crippen molar-refractivity contribution in [1.82, 2.24) is 10.2 Å². The zero-order valence-corrected chi connectivity index (χ0v) is 17.5. The van der Waals surface area contributed by atoms with E-state index in [4.69, 9.17) is 9.47 Å². The molecule has 2 atom stereocenters. The monoisotopic (exact) mass is 427 g/mol. The van der Waals surface area contributed by atoms with Gasteiger partial charge in [-0.2, -0.15) is 0 Å². The number of hydrogen-bond donors (Lipinski definition) is 1. The van der Waals surface area contributed by atoms with Crippen LogP contribution in [0.1, 0.15) is 20.3 Å². The Balaban J connectivity index is 2.15. The van der Waals surface area contributed by atoms with E-state index in [1.165, 1.54) is 24.0 Å². The van der Waals surface area contributed by atoms with Crippen molar-refractivity contribution in [2.24, 2.45) is 5.92 Å². The van der Waals surface area contributed by atoms with Crippen LogP contribution in [0.25, 0.3) is 0 Å². The van der Waals surface area contributed by atoms with Gasteiger partial charge >= 0.3 is 18.0 Å². The maximum Gasteiger partial charge on any atom is 0.324 e. The maximum atomic E-state index is 13.5. The number of methoxy groups -OCH3 is 2. The van der Waals surface area contributed by atoms with Crippen molar-refractivity contribution < 1.29 is 32.6 Å². The number of esters is 2. The molecule has 0 bridgehead atoms. The Labute approximate surface area is 174 Å². The number of rotatable bonds is 9. The fourth-order valence-electron chi connectivity index (χ4n) is 3.33. The summed E-state index contributed by atoms with van der Waals surface area (Å²) >= 11 is 0. The van der Waals surface area contributed by atoms with Gasteiger partial charge in [0.2, 0.25) is 0 Å². The van der Waals surface area contributed by atoms with E-state index in [9.17, 15) is 23.2 Å². The van der Waals surface area contributed by atoms with Crippen molar-refractivity contribution in [2.45, 2.75) is 32.4 Å². The van der Waals surface area contributed by atoms with Gasteiger partial charge in [-0.15, -0.1) is 0 Å². The Bertz CT molecular complexity index is 769. The quantitative estimate of drug-likeness (QED) is 0.606. The molecule has 1 aromatic carbocycles. The summed E-state index contributed by atoms with van der Waals surface area (Å²) in [5.74, 6) is -2.61. The van der Waals surface area contributed by atoms with E-state index in [2.05, 4.69) is 5.32 Å². The van der Waals surface area contributed by atoms with E-state index in [0.717, 1.165) is 18.2 Å². The lowest BCUT2D eigenvalue weighted by Crippen LogP contribution is -2.53. The first kappa shape index (κ1) is 23.5. The lowest BCUT2D eigenvalue weighted by molar-refractivity contribution is -0.147. The molecule has 0 radical (unpaired) electrons. The lowest BCUT2D eigenvalue weighted by Gasteiger charge is -2.27. The number of amides is 2. The molecule has 1 aliphatic rings. The fourth-order valence-corrected chi connectivity index (χ4v) is 3.33. The van der Waals surface area contributed by atoms with Gasteiger partial charge in [0, 0.05) is 25.7 Å². The number of nitrogens with zero attached hydrogens (tertiary/aromatic N) is 2. The molecule has 1 aromatic rings. The minimum atomic E-state index is -0.981. The van der Waals surface area contributed by atoms with Crippen LogP contribution in [0.2, 0.25) is 0 Å². The number of carbonyl (C=O) groups excluding carboxylic acids is 3. The van der Waals surface area contributed by atoms with Gasteiger partial charge in [-0.05, 0) is 24.5 Å². The third kappa shape index (κ3) is 5.88. The minimum Gasteiger partial charge on any atom is -0.468 e. The van der Waals surface area contributed by atoms with Gasteiger partial charge in [-0.25, -0.2) is 13.6 Å². The summed E-state index contributed by atoms with van der Waals surface area (Å²) in [5, 5.41) is 2.93. The number of ether oxygens (including phenoxy) is 2. The highest BCUT2D eigenvalue weighted by Gasteiger charge is 2.35. The van der Waals surface area contributed by atoms with Crippen molar-refractivity contribution in [2.75, 3.05) is 38.8 Å². The molecule has 0 aromatic heterocycles. The highest BCUT2D eigenvalue weighted by Crippen LogP contribution is 2.23. The van der Waals surface area contributed by atoms with Gasteiger partial charge in [-0.1, -0.05) is 13.8 Å². The lowest BCUT2D eigenvalue weighted by atomic mass is 10.0. The van der Waals surface area contributed by atoms with Gasteiger partial charge < -0.3 is 14.4 Å². The predicted octanol–water partition coefficient (Wildman–Crippen LogP) is 1.93. The van der Waals surface area contributed by atoms with E-state index in [1.807, 2.05) is 13.8 Å². The number of benzene rings is 1. The van der Waals surface area contributed by atoms with Crippen molar-refractivity contribution in [3.8, 4) is 0 Å². The summed E-state index contributed by atoms with van der Waals surface area (Å²) in [6.45, 7) is 4.20. The Kier molecular flexibility index (Phi) is 8.10. The molecule has 1 fully saturated rings. The number of carbonyl (C=O) groups is 3. The molecule has 1 heterocycles. The summed E-state index contributed by atoms with van der Waals surface area (Å²) in [5.41, 5.74) is 0.0924. The number of anilines is 1. The van der Waals surface area contributed by atoms with E-state index >= 15 is 0 Å². The molecule has 30 heavy (non-hydrogen) atoms. The number of urea groups is 1. The van der Waals surface area contributed by atoms with Crippen LogP contribution in [0.15, 0.2) is 18.2 Å². The number of nitrogens with one attached hydrogen (secondary N) is 1. The maximum absolute atomic E-state index is 13.5. The second kappa shape index (κ2) is 10.3. The first-order valence-electron chi connectivity index (χ1n) is 9.60. The molecule has 1 aliphatic heterocycles. The molecule has 0 aliphatic carbocycles. The molecule has 2 amide bonds. The van der Waals surface area contributed by atoms with E-state index < -0.39 is 41.7 Å². The van der Waals surface area contributed by atoms with Gasteiger partial charge in [0.25, 0.3) is 0 Å². The van der Waals surface area contributed by atoms with Crippen LogP contribution in [0.3, 0.4) is 0 Å². The van der Waals surface area contributed by atoms with Gasteiger partial charge in [0.1, 0.15) is 23.7 Å². The fraction of sp³-hybridized carbons (Fsp3) is 0.550. The van der Waals surface area contributed by atoms with Crippen molar-refractivity contribution in [3.63, 3.8) is 0 Å². The summed E-state index contributed by atoms with van der Waals surface area (Å²) in [6, 6.07) is 0.610. The molecule has 166 valence electrons. The van der Waals surface area contributed by atoms with Gasteiger partial charge in [-0.3, -0.25) is 19.8 Å². The second-order valence-corrected chi connectivity index (χ2v) is 7.46. The Morgan fingerprint density at radius 2 is 1.60 bits per heavy atom. The molecule has 2 unspecified atom stereocenters. The van der Waals surface area contributed by atoms with Crippen molar-refractivity contribution in [3.05, 3.63) is 29.8 Å². The minimum absolute atomic E-state index is 0.0780. The SMILES string of the molecule is COC(=O)C(CC(C)C)NC(CN1CCN(c2cc(F)cc(F)c2)C1=O)C(=O)OC. The molecule has 0 saturated carbocycles. The average Bonchev–Trinajstić information content (AvgIpc) is 3.04. The van der Waals surface area contributed by atoms with E-state index in [-0.39, 0.29) is 31.2 Å². The van der Waals surface area contributed by atoms with Crippen LogP contribution < -0.4 is 10.2 Å². The predicted molar refractivity (Wildman–Crippen MR) is 105 cm³/mol. The van der Waals surface area contributed by atoms with Crippen molar-refractivity contribution in [1.29, 1.82) is 0 Å². The summed E-state index contributed by atoms with van der Waals surface area (Å²) in [4.78, 5) is 39.7. The third-order valence-electron chi connectivity index (χ3n) is 4.74. The molecule has 10 heteroatoms. The standard InChI is InChI=1S/C20H27F2N3O5/c1-12(2)7-16(18(26)29-3)23-17(19(27)30-4)11-24-5-6-25(20(24)28)15-9-13(21)8-14(22)10-15/h8-10,12,16-17,23H,5-7,11H2,1-4H3. The molecule has 2 rings (SSSR count). The molecular weight excluding hydrogens is 400 g/mol. The Morgan fingerprint density at radius 1 is 1.03 bits per heavy atom. The molecule has 8 nitrogen and oxygen atoms in total. The number of halogens is 2. The van der Waals surface area contributed by atoms with Gasteiger partial charge in [0.05, 0.1) is 19.9 Å². The van der Waals surface area contributed by atoms with E-state index in [0.29, 0.717) is 6.42 Å². The van der Waals surface area contributed by atoms with Crippen LogP contribution in [0.5, 0.6) is 0 Å². The average molecular weight is 427 g/mol. The summed E-state index contributed by atoms with van der Waals surface area (Å²) in [7, 11) is 2.46. The van der Waals surface area contributed by atoms with E-state index in [1.54, 1.807) is 0 Å². The Morgan fingerprint density at radius 3 is 2.13 bits per heavy atom. The number of hydrogen-bond acceptors (Lipinski definition) is 6. The van der Waals surface area contributed by atoms with Crippen LogP contribution in [-0.4, -0.2) is 68.8 Å². The first-order chi connectivity index (χ1) is 14.2. The first-order valence-corrected chi connectivity index (χ1v) is 9.60. The second-order valence-electron chi connectivity index (χ2n) is 7.46. The normalized spacial score (nSPS) is 16.0. The van der Waals surface area contributed by atoms with Gasteiger partial charge in [0.15, 0.2) is 0 Å². The van der Waals surface area contributed by atoms with Crippen molar-refractivity contribution >= 4 is 23.7 Å². The van der Waals surface area contributed by atoms with Crippen LogP contribution in [0.4, 0.5) is 19.3 Å². The van der Waals surface area contributed by atoms with Crippen LogP contribution in [0, 0.1) is 17.6 Å². The molecular formula is C20H27F2N3O5. The molecule has 0 spiro atoms. The van der Waals surface area contributed by atoms with Crippen LogP contribution >= 0.6 is 0 Å². The highest BCUT2D eigenvalue weighted by molar-refractivity contribution is 5.94. The highest BCUT2D eigenvalue weighted by atomic mass is 19.1. The summed E-state index contributed by atoms with van der Waals surface area (Å²) in [6.07, 6.45) is 0.419.